The van der Waals surface area contributed by atoms with Crippen molar-refractivity contribution in [1.29, 1.82) is 0 Å². The van der Waals surface area contributed by atoms with Gasteiger partial charge in [0.25, 0.3) is 0 Å². The molecule has 0 radical (unpaired) electrons. The molecule has 0 aliphatic heterocycles. The number of nitrogens with zero attached hydrogens (tertiary/aromatic N) is 2. The Morgan fingerprint density at radius 3 is 2.03 bits per heavy atom. The zero-order valence-corrected chi connectivity index (χ0v) is 21.8. The van der Waals surface area contributed by atoms with Crippen LogP contribution in [-0.2, 0) is 7.05 Å². The van der Waals surface area contributed by atoms with E-state index in [2.05, 4.69) is 128 Å². The van der Waals surface area contributed by atoms with Crippen molar-refractivity contribution in [3.05, 3.63) is 108 Å². The number of aryl methyl sites for hydroxylation is 3. The Hall–Kier alpha value is -3.95. The standard InChI is InChI=1S/C33H27N2S/c1-20-17-21(2)22(3)26(18-20)32-33-31(25-13-7-10-16-30(25)36-33)29(19-34(32)4)35-27-14-8-5-11-23(27)24-12-6-9-15-28(24)35/h5-19H,1-4H3/q+1. The molecule has 3 aromatic heterocycles. The molecule has 7 rings (SSSR count). The summed E-state index contributed by atoms with van der Waals surface area (Å²) < 4.78 is 7.47. The fourth-order valence-corrected chi connectivity index (χ4v) is 7.20. The molecule has 0 aliphatic carbocycles. The minimum absolute atomic E-state index is 1.23. The van der Waals surface area contributed by atoms with Crippen molar-refractivity contribution in [2.75, 3.05) is 0 Å². The maximum absolute atomic E-state index is 2.46. The molecule has 0 spiro atoms. The van der Waals surface area contributed by atoms with Crippen molar-refractivity contribution in [2.45, 2.75) is 20.8 Å². The molecule has 0 atom stereocenters. The minimum Gasteiger partial charge on any atom is -0.303 e. The molecule has 0 amide bonds. The summed E-state index contributed by atoms with van der Waals surface area (Å²) in [7, 11) is 2.20. The second-order valence-electron chi connectivity index (χ2n) is 9.90. The second kappa shape index (κ2) is 7.78. The zero-order chi connectivity index (χ0) is 24.6. The molecule has 7 aromatic rings. The quantitative estimate of drug-likeness (QED) is 0.218. The van der Waals surface area contributed by atoms with Gasteiger partial charge in [-0.1, -0.05) is 66.2 Å². The normalized spacial score (nSPS) is 11.9. The summed E-state index contributed by atoms with van der Waals surface area (Å²) in [6, 6.07) is 31.0. The molecule has 36 heavy (non-hydrogen) atoms. The predicted octanol–water partition coefficient (Wildman–Crippen LogP) is 8.57. The molecular weight excluding hydrogens is 456 g/mol. The van der Waals surface area contributed by atoms with Crippen LogP contribution in [0.1, 0.15) is 16.7 Å². The van der Waals surface area contributed by atoms with E-state index in [9.17, 15) is 0 Å². The lowest BCUT2D eigenvalue weighted by Gasteiger charge is -2.13. The summed E-state index contributed by atoms with van der Waals surface area (Å²) in [6.07, 6.45) is 2.34. The van der Waals surface area contributed by atoms with Gasteiger partial charge < -0.3 is 4.57 Å². The molecule has 0 bridgehead atoms. The smallest absolute Gasteiger partial charge is 0.230 e. The third-order valence-electron chi connectivity index (χ3n) is 7.62. The van der Waals surface area contributed by atoms with Gasteiger partial charge in [-0.05, 0) is 56.2 Å². The van der Waals surface area contributed by atoms with E-state index in [1.165, 1.54) is 75.6 Å². The predicted molar refractivity (Wildman–Crippen MR) is 154 cm³/mol. The lowest BCUT2D eigenvalue weighted by molar-refractivity contribution is -0.658. The molecule has 3 heterocycles. The third-order valence-corrected chi connectivity index (χ3v) is 8.80. The maximum Gasteiger partial charge on any atom is 0.230 e. The van der Waals surface area contributed by atoms with E-state index in [0.29, 0.717) is 0 Å². The van der Waals surface area contributed by atoms with Crippen molar-refractivity contribution in [1.82, 2.24) is 4.57 Å². The molecule has 3 heteroatoms. The number of fused-ring (bicyclic) bond motifs is 6. The first kappa shape index (κ1) is 21.3. The molecule has 174 valence electrons. The average Bonchev–Trinajstić information content (AvgIpc) is 3.42. The van der Waals surface area contributed by atoms with Gasteiger partial charge in [-0.15, -0.1) is 11.3 Å². The van der Waals surface area contributed by atoms with E-state index < -0.39 is 0 Å². The van der Waals surface area contributed by atoms with Gasteiger partial charge in [-0.2, -0.15) is 4.57 Å². The van der Waals surface area contributed by atoms with E-state index in [-0.39, 0.29) is 0 Å². The number of thiophene rings is 1. The number of para-hydroxylation sites is 2. The van der Waals surface area contributed by atoms with Crippen LogP contribution >= 0.6 is 11.3 Å². The molecule has 0 aliphatic rings. The number of pyridine rings is 1. The first-order valence-corrected chi connectivity index (χ1v) is 13.3. The van der Waals surface area contributed by atoms with Crippen LogP contribution in [0.5, 0.6) is 0 Å². The van der Waals surface area contributed by atoms with Crippen LogP contribution in [0.25, 0.3) is 58.9 Å². The monoisotopic (exact) mass is 483 g/mol. The Morgan fingerprint density at radius 1 is 0.722 bits per heavy atom. The third kappa shape index (κ3) is 2.93. The van der Waals surface area contributed by atoms with Crippen LogP contribution in [0.2, 0.25) is 0 Å². The number of hydrogen-bond donors (Lipinski definition) is 0. The fraction of sp³-hybridized carbons (Fsp3) is 0.121. The number of rotatable bonds is 2. The Labute approximate surface area is 214 Å². The average molecular weight is 484 g/mol. The topological polar surface area (TPSA) is 8.81 Å². The lowest BCUT2D eigenvalue weighted by Crippen LogP contribution is -2.32. The van der Waals surface area contributed by atoms with Gasteiger partial charge in [-0.3, -0.25) is 0 Å². The van der Waals surface area contributed by atoms with Gasteiger partial charge in [0.05, 0.1) is 16.6 Å². The summed E-state index contributed by atoms with van der Waals surface area (Å²) in [5.41, 5.74) is 10.3. The molecule has 0 saturated heterocycles. The number of aromatic nitrogens is 2. The summed E-state index contributed by atoms with van der Waals surface area (Å²) >= 11 is 1.91. The highest BCUT2D eigenvalue weighted by Gasteiger charge is 2.26. The maximum atomic E-state index is 2.46. The van der Waals surface area contributed by atoms with Crippen LogP contribution in [0.3, 0.4) is 0 Å². The van der Waals surface area contributed by atoms with E-state index in [1.807, 2.05) is 11.3 Å². The van der Waals surface area contributed by atoms with E-state index in [1.54, 1.807) is 0 Å². The summed E-state index contributed by atoms with van der Waals surface area (Å²) in [4.78, 5) is 0. The fourth-order valence-electron chi connectivity index (χ4n) is 5.89. The van der Waals surface area contributed by atoms with Crippen molar-refractivity contribution < 1.29 is 4.57 Å². The minimum atomic E-state index is 1.23. The van der Waals surface area contributed by atoms with Gasteiger partial charge in [0.2, 0.25) is 5.69 Å². The lowest BCUT2D eigenvalue weighted by atomic mass is 9.96. The Morgan fingerprint density at radius 2 is 1.33 bits per heavy atom. The molecule has 0 saturated carbocycles. The summed E-state index contributed by atoms with van der Waals surface area (Å²) in [5.74, 6) is 0. The van der Waals surface area contributed by atoms with Crippen LogP contribution in [-0.4, -0.2) is 4.57 Å². The first-order chi connectivity index (χ1) is 17.5. The largest absolute Gasteiger partial charge is 0.303 e. The zero-order valence-electron chi connectivity index (χ0n) is 21.0. The molecule has 4 aromatic carbocycles. The highest BCUT2D eigenvalue weighted by molar-refractivity contribution is 7.26. The second-order valence-corrected chi connectivity index (χ2v) is 11.0. The highest BCUT2D eigenvalue weighted by atomic mass is 32.1. The van der Waals surface area contributed by atoms with Crippen LogP contribution in [0.15, 0.2) is 91.1 Å². The number of hydrogen-bond acceptors (Lipinski definition) is 1. The molecule has 2 nitrogen and oxygen atoms in total. The summed E-state index contributed by atoms with van der Waals surface area (Å²) in [5, 5.41) is 5.22. The van der Waals surface area contributed by atoms with Gasteiger partial charge in [-0.25, -0.2) is 0 Å². The first-order valence-electron chi connectivity index (χ1n) is 12.4. The van der Waals surface area contributed by atoms with Crippen molar-refractivity contribution >= 4 is 53.3 Å². The Bertz CT molecular complexity index is 1930. The van der Waals surface area contributed by atoms with Gasteiger partial charge in [0, 0.05) is 26.2 Å². The highest BCUT2D eigenvalue weighted by Crippen LogP contribution is 2.44. The van der Waals surface area contributed by atoms with Crippen LogP contribution < -0.4 is 4.57 Å². The molecular formula is C33H27N2S+. The van der Waals surface area contributed by atoms with Gasteiger partial charge in [0.1, 0.15) is 17.4 Å². The van der Waals surface area contributed by atoms with E-state index in [4.69, 9.17) is 0 Å². The van der Waals surface area contributed by atoms with Crippen molar-refractivity contribution in [3.63, 3.8) is 0 Å². The van der Waals surface area contributed by atoms with Crippen molar-refractivity contribution in [3.8, 4) is 16.9 Å². The van der Waals surface area contributed by atoms with E-state index >= 15 is 0 Å². The SMILES string of the molecule is Cc1cc(C)c(C)c(-c2c3sc4ccccc4c3c(-n3c4ccccc4c4ccccc43)c[n+]2C)c1. The summed E-state index contributed by atoms with van der Waals surface area (Å²) in [6.45, 7) is 6.68. The van der Waals surface area contributed by atoms with Crippen molar-refractivity contribution in [2.24, 2.45) is 7.05 Å². The molecule has 0 unspecified atom stereocenters. The molecule has 0 fully saturated rings. The number of benzene rings is 4. The van der Waals surface area contributed by atoms with Crippen LogP contribution in [0, 0.1) is 20.8 Å². The van der Waals surface area contributed by atoms with Gasteiger partial charge >= 0.3 is 0 Å². The Kier molecular flexibility index (Phi) is 4.61. The van der Waals surface area contributed by atoms with Crippen LogP contribution in [0.4, 0.5) is 0 Å². The van der Waals surface area contributed by atoms with Gasteiger partial charge in [0.15, 0.2) is 6.20 Å². The Balaban J connectivity index is 1.70. The molecule has 0 N–H and O–H groups in total. The van der Waals surface area contributed by atoms with E-state index in [0.717, 1.165) is 0 Å².